The van der Waals surface area contributed by atoms with Crippen molar-refractivity contribution in [2.45, 2.75) is 31.3 Å². The monoisotopic (exact) mass is 353 g/mol. The molecule has 136 valence electrons. The van der Waals surface area contributed by atoms with Gasteiger partial charge in [0.05, 0.1) is 7.11 Å². The molecular formula is C21H23NO4. The van der Waals surface area contributed by atoms with Crippen LogP contribution >= 0.6 is 0 Å². The molecule has 5 nitrogen and oxygen atoms in total. The highest BCUT2D eigenvalue weighted by atomic mass is 16.5. The number of Topliss-reactive ketones (excluding diaryl/α,β-unsaturated/α-hetero) is 1. The van der Waals surface area contributed by atoms with Crippen molar-refractivity contribution in [2.75, 3.05) is 13.7 Å². The first-order valence-corrected chi connectivity index (χ1v) is 8.86. The summed E-state index contributed by atoms with van der Waals surface area (Å²) >= 11 is 0. The fourth-order valence-corrected chi connectivity index (χ4v) is 3.54. The zero-order valence-corrected chi connectivity index (χ0v) is 14.8. The van der Waals surface area contributed by atoms with Gasteiger partial charge in [-0.3, -0.25) is 4.79 Å². The Bertz CT molecular complexity index is 770. The lowest BCUT2D eigenvalue weighted by atomic mass is 9.85. The molecule has 0 atom stereocenters. The minimum atomic E-state index is -1.57. The van der Waals surface area contributed by atoms with Crippen LogP contribution in [0.25, 0.3) is 11.1 Å². The van der Waals surface area contributed by atoms with Crippen LogP contribution < -0.4 is 5.32 Å². The van der Waals surface area contributed by atoms with Crippen molar-refractivity contribution in [3.8, 4) is 11.1 Å². The van der Waals surface area contributed by atoms with E-state index in [1.807, 2.05) is 48.5 Å². The molecule has 0 bridgehead atoms. The van der Waals surface area contributed by atoms with E-state index < -0.39 is 11.7 Å². The lowest BCUT2D eigenvalue weighted by Gasteiger charge is -2.24. The van der Waals surface area contributed by atoms with E-state index in [4.69, 9.17) is 0 Å². The number of carbonyl (C=O) groups excluding carboxylic acids is 2. The number of amides is 1. The first-order chi connectivity index (χ1) is 12.6. The first-order valence-electron chi connectivity index (χ1n) is 8.86. The Hall–Kier alpha value is -2.66. The molecule has 1 aliphatic carbocycles. The van der Waals surface area contributed by atoms with E-state index in [0.29, 0.717) is 24.1 Å². The first kappa shape index (κ1) is 18.1. The van der Waals surface area contributed by atoms with Gasteiger partial charge < -0.3 is 15.2 Å². The fraction of sp³-hybridized carbons (Fsp3) is 0.333. The van der Waals surface area contributed by atoms with Crippen molar-refractivity contribution in [1.29, 1.82) is 0 Å². The van der Waals surface area contributed by atoms with Crippen LogP contribution in [0, 0.1) is 0 Å². The highest BCUT2D eigenvalue weighted by Crippen LogP contribution is 2.48. The summed E-state index contributed by atoms with van der Waals surface area (Å²) in [5.74, 6) is -0.184. The molecule has 0 aliphatic heterocycles. The van der Waals surface area contributed by atoms with Gasteiger partial charge in [-0.1, -0.05) is 55.0 Å². The average Bonchev–Trinajstić information content (AvgIpc) is 2.95. The van der Waals surface area contributed by atoms with Crippen LogP contribution in [-0.4, -0.2) is 30.6 Å². The van der Waals surface area contributed by atoms with Gasteiger partial charge in [0.1, 0.15) is 0 Å². The Morgan fingerprint density at radius 3 is 2.12 bits per heavy atom. The van der Waals surface area contributed by atoms with Crippen molar-refractivity contribution in [1.82, 2.24) is 5.32 Å². The molecule has 0 aromatic heterocycles. The molecule has 2 aromatic rings. The molecule has 26 heavy (non-hydrogen) atoms. The standard InChI is InChI=1S/C21H23NO4/c1-26-20(24)22-14-8-2-3-13-19(23)21(25)17-11-6-4-9-15(17)16-10-5-7-12-18(16)21/h4-7,9-12,25H,2-3,8,13-14H2,1H3,(H,22,24). The molecular weight excluding hydrogens is 330 g/mol. The van der Waals surface area contributed by atoms with Gasteiger partial charge >= 0.3 is 6.09 Å². The van der Waals surface area contributed by atoms with Crippen LogP contribution in [0.5, 0.6) is 0 Å². The minimum absolute atomic E-state index is 0.184. The van der Waals surface area contributed by atoms with E-state index in [9.17, 15) is 14.7 Å². The van der Waals surface area contributed by atoms with Crippen molar-refractivity contribution >= 4 is 11.9 Å². The van der Waals surface area contributed by atoms with Crippen LogP contribution in [0.15, 0.2) is 48.5 Å². The number of alkyl carbamates (subject to hydrolysis) is 1. The Morgan fingerprint density at radius 2 is 1.54 bits per heavy atom. The highest BCUT2D eigenvalue weighted by molar-refractivity contribution is 5.99. The quantitative estimate of drug-likeness (QED) is 0.748. The smallest absolute Gasteiger partial charge is 0.406 e. The van der Waals surface area contributed by atoms with Gasteiger partial charge in [-0.25, -0.2) is 4.79 Å². The van der Waals surface area contributed by atoms with Crippen LogP contribution in [0.1, 0.15) is 36.8 Å². The van der Waals surface area contributed by atoms with Gasteiger partial charge in [0, 0.05) is 24.1 Å². The number of hydrogen-bond donors (Lipinski definition) is 2. The predicted molar refractivity (Wildman–Crippen MR) is 98.8 cm³/mol. The molecule has 1 amide bonds. The molecule has 2 aromatic carbocycles. The molecule has 0 unspecified atom stereocenters. The molecule has 0 saturated carbocycles. The Balaban J connectivity index is 1.66. The van der Waals surface area contributed by atoms with E-state index in [1.165, 1.54) is 7.11 Å². The van der Waals surface area contributed by atoms with E-state index >= 15 is 0 Å². The average molecular weight is 353 g/mol. The maximum Gasteiger partial charge on any atom is 0.406 e. The van der Waals surface area contributed by atoms with Crippen LogP contribution in [0.3, 0.4) is 0 Å². The van der Waals surface area contributed by atoms with Gasteiger partial charge in [-0.2, -0.15) is 0 Å². The van der Waals surface area contributed by atoms with E-state index in [-0.39, 0.29) is 12.2 Å². The number of nitrogens with one attached hydrogen (secondary N) is 1. The summed E-state index contributed by atoms with van der Waals surface area (Å²) in [5, 5.41) is 14.0. The molecule has 3 rings (SSSR count). The second-order valence-corrected chi connectivity index (χ2v) is 6.45. The Labute approximate surface area is 153 Å². The topological polar surface area (TPSA) is 75.6 Å². The summed E-state index contributed by atoms with van der Waals surface area (Å²) in [7, 11) is 1.33. The van der Waals surface area contributed by atoms with Gasteiger partial charge in [0.15, 0.2) is 11.4 Å². The van der Waals surface area contributed by atoms with Crippen LogP contribution in [0.2, 0.25) is 0 Å². The Morgan fingerprint density at radius 1 is 0.962 bits per heavy atom. The molecule has 0 spiro atoms. The SMILES string of the molecule is COC(=O)NCCCCCC(=O)C1(O)c2ccccc2-c2ccccc21. The van der Waals surface area contributed by atoms with Crippen molar-refractivity contribution < 1.29 is 19.4 Å². The number of carbonyl (C=O) groups is 2. The summed E-state index contributed by atoms with van der Waals surface area (Å²) in [5.41, 5.74) is 1.59. The zero-order chi connectivity index (χ0) is 18.6. The second kappa shape index (κ2) is 7.70. The molecule has 0 fully saturated rings. The molecule has 0 radical (unpaired) electrons. The van der Waals surface area contributed by atoms with Gasteiger partial charge in [0.25, 0.3) is 0 Å². The molecule has 1 aliphatic rings. The normalized spacial score (nSPS) is 13.6. The third-order valence-corrected chi connectivity index (χ3v) is 4.86. The van der Waals surface area contributed by atoms with Crippen molar-refractivity contribution in [3.05, 3.63) is 59.7 Å². The molecule has 2 N–H and O–H groups in total. The number of unbranched alkanes of at least 4 members (excludes halogenated alkanes) is 2. The molecule has 0 heterocycles. The largest absolute Gasteiger partial charge is 0.453 e. The van der Waals surface area contributed by atoms with E-state index in [1.54, 1.807) is 0 Å². The summed E-state index contributed by atoms with van der Waals surface area (Å²) in [6.07, 6.45) is 2.05. The van der Waals surface area contributed by atoms with Gasteiger partial charge in [0.2, 0.25) is 0 Å². The number of hydrogen-bond acceptors (Lipinski definition) is 4. The van der Waals surface area contributed by atoms with Crippen molar-refractivity contribution in [3.63, 3.8) is 0 Å². The Kier molecular flexibility index (Phi) is 5.38. The minimum Gasteiger partial charge on any atom is -0.453 e. The number of fused-ring (bicyclic) bond motifs is 3. The van der Waals surface area contributed by atoms with Crippen LogP contribution in [-0.2, 0) is 15.1 Å². The predicted octanol–water partition coefficient (Wildman–Crippen LogP) is 3.39. The lowest BCUT2D eigenvalue weighted by molar-refractivity contribution is -0.134. The summed E-state index contributed by atoms with van der Waals surface area (Å²) in [4.78, 5) is 23.9. The summed E-state index contributed by atoms with van der Waals surface area (Å²) in [6.45, 7) is 0.511. The number of methoxy groups -OCH3 is 1. The maximum atomic E-state index is 12.9. The third kappa shape index (κ3) is 3.22. The second-order valence-electron chi connectivity index (χ2n) is 6.45. The number of rotatable bonds is 7. The summed E-state index contributed by atoms with van der Waals surface area (Å²) < 4.78 is 4.51. The third-order valence-electron chi connectivity index (χ3n) is 4.86. The summed E-state index contributed by atoms with van der Waals surface area (Å²) in [6, 6.07) is 15.1. The van der Waals surface area contributed by atoms with Gasteiger partial charge in [-0.15, -0.1) is 0 Å². The highest BCUT2D eigenvalue weighted by Gasteiger charge is 2.46. The number of ether oxygens (including phenoxy) is 1. The van der Waals surface area contributed by atoms with E-state index in [0.717, 1.165) is 24.0 Å². The van der Waals surface area contributed by atoms with Gasteiger partial charge in [-0.05, 0) is 24.0 Å². The molecule has 0 saturated heterocycles. The number of benzene rings is 2. The maximum absolute atomic E-state index is 12.9. The number of aliphatic hydroxyl groups is 1. The zero-order valence-electron chi connectivity index (χ0n) is 14.8. The fourth-order valence-electron chi connectivity index (χ4n) is 3.54. The van der Waals surface area contributed by atoms with E-state index in [2.05, 4.69) is 10.1 Å². The molecule has 5 heteroatoms. The van der Waals surface area contributed by atoms with Crippen LogP contribution in [0.4, 0.5) is 4.79 Å². The number of ketones is 1. The lowest BCUT2D eigenvalue weighted by Crippen LogP contribution is -2.35. The van der Waals surface area contributed by atoms with Crippen molar-refractivity contribution in [2.24, 2.45) is 0 Å².